The van der Waals surface area contributed by atoms with Crippen molar-refractivity contribution < 1.29 is 0 Å². The fraction of sp³-hybridized carbons (Fsp3) is 0.0588. The SMILES string of the molecule is Brc1ccc(-c2nnn(Cc3ccc(-n4ccnc4)cc3)n2)cc1. The molecule has 6 nitrogen and oxygen atoms in total. The first kappa shape index (κ1) is 14.8. The highest BCUT2D eigenvalue weighted by molar-refractivity contribution is 9.10. The quantitative estimate of drug-likeness (QED) is 0.544. The average Bonchev–Trinajstić information content (AvgIpc) is 3.28. The average molecular weight is 381 g/mol. The molecule has 0 amide bonds. The van der Waals surface area contributed by atoms with Crippen LogP contribution in [-0.2, 0) is 6.54 Å². The molecule has 0 fully saturated rings. The highest BCUT2D eigenvalue weighted by Gasteiger charge is 2.06. The maximum Gasteiger partial charge on any atom is 0.204 e. The van der Waals surface area contributed by atoms with Gasteiger partial charge in [0.25, 0.3) is 0 Å². The predicted molar refractivity (Wildman–Crippen MR) is 93.6 cm³/mol. The maximum atomic E-state index is 4.44. The van der Waals surface area contributed by atoms with Gasteiger partial charge in [0.05, 0.1) is 12.9 Å². The molecule has 24 heavy (non-hydrogen) atoms. The van der Waals surface area contributed by atoms with E-state index in [0.29, 0.717) is 12.4 Å². The van der Waals surface area contributed by atoms with Crippen LogP contribution < -0.4 is 0 Å². The highest BCUT2D eigenvalue weighted by atomic mass is 79.9. The molecule has 4 rings (SSSR count). The summed E-state index contributed by atoms with van der Waals surface area (Å²) in [5.74, 6) is 0.623. The number of nitrogens with zero attached hydrogens (tertiary/aromatic N) is 6. The number of rotatable bonds is 4. The predicted octanol–water partition coefficient (Wildman–Crippen LogP) is 3.34. The first-order valence-electron chi connectivity index (χ1n) is 7.39. The van der Waals surface area contributed by atoms with Gasteiger partial charge in [-0.1, -0.05) is 28.1 Å². The molecule has 0 saturated carbocycles. The van der Waals surface area contributed by atoms with Gasteiger partial charge in [-0.2, -0.15) is 4.80 Å². The lowest BCUT2D eigenvalue weighted by Gasteiger charge is -2.04. The Morgan fingerprint density at radius 3 is 2.46 bits per heavy atom. The second-order valence-corrected chi connectivity index (χ2v) is 6.20. The Morgan fingerprint density at radius 2 is 1.75 bits per heavy atom. The van der Waals surface area contributed by atoms with Crippen LogP contribution in [-0.4, -0.2) is 29.8 Å². The molecule has 0 atom stereocenters. The van der Waals surface area contributed by atoms with Crippen molar-refractivity contribution in [2.75, 3.05) is 0 Å². The van der Waals surface area contributed by atoms with Crippen molar-refractivity contribution in [2.24, 2.45) is 0 Å². The number of hydrogen-bond acceptors (Lipinski definition) is 4. The van der Waals surface area contributed by atoms with Gasteiger partial charge in [-0.3, -0.25) is 0 Å². The third-order valence-corrected chi connectivity index (χ3v) is 4.15. The van der Waals surface area contributed by atoms with E-state index < -0.39 is 0 Å². The number of tetrazole rings is 1. The minimum absolute atomic E-state index is 0.577. The van der Waals surface area contributed by atoms with Gasteiger partial charge < -0.3 is 4.57 Å². The number of halogens is 1. The second-order valence-electron chi connectivity index (χ2n) is 5.29. The van der Waals surface area contributed by atoms with Crippen molar-refractivity contribution in [3.05, 3.63) is 77.3 Å². The molecule has 0 radical (unpaired) electrons. The molecule has 0 unspecified atom stereocenters. The van der Waals surface area contributed by atoms with Crippen LogP contribution in [0.5, 0.6) is 0 Å². The topological polar surface area (TPSA) is 61.4 Å². The fourth-order valence-electron chi connectivity index (χ4n) is 2.37. The van der Waals surface area contributed by atoms with Crippen LogP contribution in [0.2, 0.25) is 0 Å². The summed E-state index contributed by atoms with van der Waals surface area (Å²) < 4.78 is 2.99. The number of imidazole rings is 1. The maximum absolute atomic E-state index is 4.44. The van der Waals surface area contributed by atoms with Crippen molar-refractivity contribution in [2.45, 2.75) is 6.54 Å². The molecule has 2 aromatic carbocycles. The molecule has 0 bridgehead atoms. The smallest absolute Gasteiger partial charge is 0.204 e. The van der Waals surface area contributed by atoms with E-state index in [4.69, 9.17) is 0 Å². The van der Waals surface area contributed by atoms with E-state index in [-0.39, 0.29) is 0 Å². The summed E-state index contributed by atoms with van der Waals surface area (Å²) in [5.41, 5.74) is 3.12. The third kappa shape index (κ3) is 3.11. The normalized spacial score (nSPS) is 10.9. The molecule has 2 aromatic heterocycles. The largest absolute Gasteiger partial charge is 0.306 e. The lowest BCUT2D eigenvalue weighted by molar-refractivity contribution is 0.573. The van der Waals surface area contributed by atoms with Crippen LogP contribution in [0.3, 0.4) is 0 Å². The van der Waals surface area contributed by atoms with Gasteiger partial charge in [0.15, 0.2) is 0 Å². The standard InChI is InChI=1S/C17H13BrN6/c18-15-5-3-14(4-6-15)17-20-22-24(21-17)11-13-1-7-16(8-2-13)23-10-9-19-12-23/h1-10,12H,11H2. The summed E-state index contributed by atoms with van der Waals surface area (Å²) in [6.07, 6.45) is 5.45. The zero-order valence-electron chi connectivity index (χ0n) is 12.6. The summed E-state index contributed by atoms with van der Waals surface area (Å²) in [5, 5.41) is 12.7. The van der Waals surface area contributed by atoms with Crippen LogP contribution in [0.1, 0.15) is 5.56 Å². The van der Waals surface area contributed by atoms with Crippen molar-refractivity contribution in [1.29, 1.82) is 0 Å². The Morgan fingerprint density at radius 1 is 0.958 bits per heavy atom. The fourth-order valence-corrected chi connectivity index (χ4v) is 2.64. The van der Waals surface area contributed by atoms with Crippen molar-refractivity contribution in [3.8, 4) is 17.1 Å². The zero-order chi connectivity index (χ0) is 16.4. The summed E-state index contributed by atoms with van der Waals surface area (Å²) in [6.45, 7) is 0.577. The molecule has 4 aromatic rings. The van der Waals surface area contributed by atoms with Crippen LogP contribution in [0.25, 0.3) is 17.1 Å². The van der Waals surface area contributed by atoms with Gasteiger partial charge in [-0.05, 0) is 47.2 Å². The van der Waals surface area contributed by atoms with E-state index in [1.807, 2.05) is 47.2 Å². The lowest BCUT2D eigenvalue weighted by Crippen LogP contribution is -2.04. The van der Waals surface area contributed by atoms with Crippen molar-refractivity contribution >= 4 is 15.9 Å². The first-order valence-corrected chi connectivity index (χ1v) is 8.18. The first-order chi connectivity index (χ1) is 11.8. The second kappa shape index (κ2) is 6.37. The lowest BCUT2D eigenvalue weighted by atomic mass is 10.2. The van der Waals surface area contributed by atoms with Gasteiger partial charge in [0.2, 0.25) is 5.82 Å². The molecule has 0 N–H and O–H groups in total. The van der Waals surface area contributed by atoms with E-state index in [0.717, 1.165) is 21.3 Å². The molecule has 0 aliphatic heterocycles. The molecular weight excluding hydrogens is 368 g/mol. The Hall–Kier alpha value is -2.80. The summed E-state index contributed by atoms with van der Waals surface area (Å²) >= 11 is 3.42. The molecule has 0 saturated heterocycles. The monoisotopic (exact) mass is 380 g/mol. The minimum Gasteiger partial charge on any atom is -0.306 e. The molecule has 2 heterocycles. The van der Waals surface area contributed by atoms with E-state index in [9.17, 15) is 0 Å². The Labute approximate surface area is 146 Å². The van der Waals surface area contributed by atoms with E-state index >= 15 is 0 Å². The molecule has 0 aliphatic carbocycles. The van der Waals surface area contributed by atoms with Crippen LogP contribution in [0, 0.1) is 0 Å². The number of aromatic nitrogens is 6. The van der Waals surface area contributed by atoms with Gasteiger partial charge in [-0.15, -0.1) is 10.2 Å². The van der Waals surface area contributed by atoms with Gasteiger partial charge in [-0.25, -0.2) is 4.98 Å². The molecule has 0 aliphatic rings. The van der Waals surface area contributed by atoms with Crippen molar-refractivity contribution in [1.82, 2.24) is 29.8 Å². The van der Waals surface area contributed by atoms with Gasteiger partial charge in [0.1, 0.15) is 0 Å². The van der Waals surface area contributed by atoms with Crippen molar-refractivity contribution in [3.63, 3.8) is 0 Å². The molecule has 7 heteroatoms. The number of hydrogen-bond donors (Lipinski definition) is 0. The molecule has 0 spiro atoms. The van der Waals surface area contributed by atoms with Gasteiger partial charge >= 0.3 is 0 Å². The van der Waals surface area contributed by atoms with Gasteiger partial charge in [0, 0.05) is 28.1 Å². The minimum atomic E-state index is 0.577. The van der Waals surface area contributed by atoms with E-state index in [1.165, 1.54) is 0 Å². The Kier molecular flexibility index (Phi) is 3.92. The molecular formula is C17H13BrN6. The highest BCUT2D eigenvalue weighted by Crippen LogP contribution is 2.17. The van der Waals surface area contributed by atoms with Crippen LogP contribution in [0.15, 0.2) is 71.7 Å². The molecule has 118 valence electrons. The third-order valence-electron chi connectivity index (χ3n) is 3.62. The van der Waals surface area contributed by atoms with Crippen LogP contribution in [0.4, 0.5) is 0 Å². The summed E-state index contributed by atoms with van der Waals surface area (Å²) in [4.78, 5) is 5.65. The number of benzene rings is 2. The summed E-state index contributed by atoms with van der Waals surface area (Å²) in [7, 11) is 0. The Bertz CT molecular complexity index is 926. The zero-order valence-corrected chi connectivity index (χ0v) is 14.2. The van der Waals surface area contributed by atoms with E-state index in [2.05, 4.69) is 48.5 Å². The summed E-state index contributed by atoms with van der Waals surface area (Å²) in [6, 6.07) is 16.1. The Balaban J connectivity index is 1.50. The van der Waals surface area contributed by atoms with E-state index in [1.54, 1.807) is 17.3 Å². The van der Waals surface area contributed by atoms with Crippen LogP contribution >= 0.6 is 15.9 Å².